The Morgan fingerprint density at radius 1 is 1.14 bits per heavy atom. The first-order valence-electron chi connectivity index (χ1n) is 9.29. The molecular formula is C20H28N2. The Morgan fingerprint density at radius 2 is 2.00 bits per heavy atom. The van der Waals surface area contributed by atoms with Crippen molar-refractivity contribution in [3.8, 4) is 0 Å². The van der Waals surface area contributed by atoms with Crippen LogP contribution in [0.3, 0.4) is 0 Å². The molecule has 0 amide bonds. The Kier molecular flexibility index (Phi) is 2.61. The molecule has 0 aromatic heterocycles. The number of benzene rings is 1. The maximum atomic E-state index is 2.88. The Bertz CT molecular complexity index is 611. The van der Waals surface area contributed by atoms with Crippen molar-refractivity contribution >= 4 is 5.69 Å². The van der Waals surface area contributed by atoms with E-state index in [-0.39, 0.29) is 0 Å². The van der Waals surface area contributed by atoms with E-state index < -0.39 is 0 Å². The lowest BCUT2D eigenvalue weighted by Crippen LogP contribution is -2.64. The van der Waals surface area contributed by atoms with Gasteiger partial charge in [-0.25, -0.2) is 0 Å². The van der Waals surface area contributed by atoms with E-state index in [4.69, 9.17) is 0 Å². The highest BCUT2D eigenvalue weighted by molar-refractivity contribution is 5.66. The number of anilines is 1. The van der Waals surface area contributed by atoms with Crippen LogP contribution in [0.2, 0.25) is 0 Å². The van der Waals surface area contributed by atoms with E-state index in [0.717, 1.165) is 12.1 Å². The molecule has 3 heterocycles. The molecule has 1 aromatic carbocycles. The smallest absolute Gasteiger partial charge is 0.0406 e. The van der Waals surface area contributed by atoms with Gasteiger partial charge in [-0.15, -0.1) is 0 Å². The summed E-state index contributed by atoms with van der Waals surface area (Å²) in [6, 6.07) is 10.8. The minimum Gasteiger partial charge on any atom is -0.370 e. The van der Waals surface area contributed by atoms with Gasteiger partial charge < -0.3 is 4.90 Å². The van der Waals surface area contributed by atoms with Gasteiger partial charge in [0.25, 0.3) is 0 Å². The second-order valence-electron chi connectivity index (χ2n) is 8.23. The first-order valence-corrected chi connectivity index (χ1v) is 9.29. The summed E-state index contributed by atoms with van der Waals surface area (Å²) in [4.78, 5) is 5.52. The van der Waals surface area contributed by atoms with E-state index in [9.17, 15) is 0 Å². The Balaban J connectivity index is 1.74. The highest BCUT2D eigenvalue weighted by atomic mass is 15.3. The highest BCUT2D eigenvalue weighted by Crippen LogP contribution is 2.64. The number of hydrogen-bond donors (Lipinski definition) is 0. The highest BCUT2D eigenvalue weighted by Gasteiger charge is 2.67. The van der Waals surface area contributed by atoms with Crippen LogP contribution in [0.15, 0.2) is 24.3 Å². The molecular weight excluding hydrogens is 268 g/mol. The van der Waals surface area contributed by atoms with Crippen LogP contribution >= 0.6 is 0 Å². The second kappa shape index (κ2) is 4.29. The summed E-state index contributed by atoms with van der Waals surface area (Å²) in [6.45, 7) is 5.12. The average molecular weight is 296 g/mol. The molecule has 1 aromatic rings. The van der Waals surface area contributed by atoms with Crippen molar-refractivity contribution in [2.45, 2.75) is 62.9 Å². The Morgan fingerprint density at radius 3 is 2.86 bits per heavy atom. The third-order valence-electron chi connectivity index (χ3n) is 7.83. The molecule has 0 N–H and O–H groups in total. The van der Waals surface area contributed by atoms with E-state index in [1.165, 1.54) is 57.3 Å². The maximum Gasteiger partial charge on any atom is 0.0406 e. The van der Waals surface area contributed by atoms with Gasteiger partial charge in [-0.05, 0) is 68.7 Å². The van der Waals surface area contributed by atoms with Gasteiger partial charge in [-0.2, -0.15) is 0 Å². The molecule has 1 aliphatic carbocycles. The number of hydrogen-bond acceptors (Lipinski definition) is 2. The SMILES string of the molecule is CC[C@@]12CCCN3CC[C@@]4(c5ccccc5N(C)[C@H]4CC1)[C@H]32. The number of fused-ring (bicyclic) bond motifs is 1. The monoisotopic (exact) mass is 296 g/mol. The lowest BCUT2D eigenvalue weighted by atomic mass is 9.52. The molecule has 2 saturated heterocycles. The van der Waals surface area contributed by atoms with Crippen molar-refractivity contribution in [3.05, 3.63) is 29.8 Å². The summed E-state index contributed by atoms with van der Waals surface area (Å²) in [7, 11) is 2.35. The van der Waals surface area contributed by atoms with E-state index in [2.05, 4.69) is 48.0 Å². The summed E-state index contributed by atoms with van der Waals surface area (Å²) < 4.78 is 0. The van der Waals surface area contributed by atoms with Crippen molar-refractivity contribution in [3.63, 3.8) is 0 Å². The van der Waals surface area contributed by atoms with Crippen molar-refractivity contribution in [2.75, 3.05) is 25.0 Å². The first kappa shape index (κ1) is 13.4. The molecule has 4 atom stereocenters. The van der Waals surface area contributed by atoms with Gasteiger partial charge in [0.2, 0.25) is 0 Å². The van der Waals surface area contributed by atoms with E-state index in [1.54, 1.807) is 5.56 Å². The third kappa shape index (κ3) is 1.33. The Hall–Kier alpha value is -1.02. The van der Waals surface area contributed by atoms with Crippen LogP contribution in [0.4, 0.5) is 5.69 Å². The predicted molar refractivity (Wildman–Crippen MR) is 91.5 cm³/mol. The zero-order chi connectivity index (χ0) is 14.9. The molecule has 3 fully saturated rings. The number of likely N-dealkylation sites (N-methyl/N-ethyl adjacent to an activating group) is 1. The number of para-hydroxylation sites is 1. The molecule has 2 nitrogen and oxygen atoms in total. The summed E-state index contributed by atoms with van der Waals surface area (Å²) >= 11 is 0. The van der Waals surface area contributed by atoms with Crippen molar-refractivity contribution in [1.82, 2.24) is 4.90 Å². The van der Waals surface area contributed by atoms with E-state index in [0.29, 0.717) is 10.8 Å². The Labute approximate surface area is 134 Å². The minimum absolute atomic E-state index is 0.417. The third-order valence-corrected chi connectivity index (χ3v) is 7.83. The molecule has 2 heteroatoms. The fraction of sp³-hybridized carbons (Fsp3) is 0.700. The molecule has 4 aliphatic rings. The van der Waals surface area contributed by atoms with Crippen molar-refractivity contribution in [1.29, 1.82) is 0 Å². The van der Waals surface area contributed by atoms with Crippen molar-refractivity contribution in [2.24, 2.45) is 5.41 Å². The van der Waals surface area contributed by atoms with Gasteiger partial charge in [0.15, 0.2) is 0 Å². The fourth-order valence-electron chi connectivity index (χ4n) is 7.05. The van der Waals surface area contributed by atoms with Crippen LogP contribution in [0.1, 0.15) is 51.0 Å². The molecule has 0 unspecified atom stereocenters. The first-order chi connectivity index (χ1) is 10.7. The predicted octanol–water partition coefficient (Wildman–Crippen LogP) is 3.80. The standard InChI is InChI=1S/C20H28N2/c1-3-19-10-6-13-22-14-12-20(18(19)22)15-7-4-5-8-16(15)21(2)17(20)9-11-19/h4-5,7-8,17-18H,3,6,9-14H2,1-2H3/t17-,18+,19+,20-/m0/s1. The van der Waals surface area contributed by atoms with Crippen LogP contribution in [-0.4, -0.2) is 37.1 Å². The normalized spacial score (nSPS) is 42.9. The summed E-state index contributed by atoms with van der Waals surface area (Å²) in [5.74, 6) is 0. The minimum atomic E-state index is 0.417. The van der Waals surface area contributed by atoms with Crippen LogP contribution in [0.25, 0.3) is 0 Å². The fourth-order valence-corrected chi connectivity index (χ4v) is 7.05. The van der Waals surface area contributed by atoms with Gasteiger partial charge in [0, 0.05) is 30.2 Å². The number of rotatable bonds is 1. The van der Waals surface area contributed by atoms with Gasteiger partial charge in [0.1, 0.15) is 0 Å². The topological polar surface area (TPSA) is 6.48 Å². The van der Waals surface area contributed by atoms with Crippen LogP contribution < -0.4 is 4.90 Å². The molecule has 5 rings (SSSR count). The molecule has 1 spiro atoms. The van der Waals surface area contributed by atoms with Crippen LogP contribution in [-0.2, 0) is 5.41 Å². The molecule has 3 aliphatic heterocycles. The molecule has 0 bridgehead atoms. The summed E-state index contributed by atoms with van der Waals surface area (Å²) in [5, 5.41) is 0. The largest absolute Gasteiger partial charge is 0.370 e. The lowest BCUT2D eigenvalue weighted by molar-refractivity contribution is -0.0336. The second-order valence-corrected chi connectivity index (χ2v) is 8.23. The van der Waals surface area contributed by atoms with E-state index in [1.807, 2.05) is 0 Å². The summed E-state index contributed by atoms with van der Waals surface area (Å²) in [5.41, 5.74) is 4.20. The molecule has 22 heavy (non-hydrogen) atoms. The zero-order valence-electron chi connectivity index (χ0n) is 14.0. The van der Waals surface area contributed by atoms with Gasteiger partial charge >= 0.3 is 0 Å². The maximum absolute atomic E-state index is 2.88. The number of nitrogens with zero attached hydrogens (tertiary/aromatic N) is 2. The molecule has 1 saturated carbocycles. The van der Waals surface area contributed by atoms with Crippen LogP contribution in [0, 0.1) is 5.41 Å². The quantitative estimate of drug-likeness (QED) is 0.778. The van der Waals surface area contributed by atoms with Gasteiger partial charge in [-0.1, -0.05) is 25.1 Å². The van der Waals surface area contributed by atoms with Gasteiger partial charge in [0.05, 0.1) is 0 Å². The van der Waals surface area contributed by atoms with E-state index >= 15 is 0 Å². The zero-order valence-corrected chi connectivity index (χ0v) is 14.0. The molecule has 118 valence electrons. The molecule has 0 radical (unpaired) electrons. The summed E-state index contributed by atoms with van der Waals surface area (Å²) in [6.07, 6.45) is 8.46. The number of piperidine rings is 1. The van der Waals surface area contributed by atoms with Gasteiger partial charge in [-0.3, -0.25) is 4.90 Å². The van der Waals surface area contributed by atoms with Crippen molar-refractivity contribution < 1.29 is 0 Å². The van der Waals surface area contributed by atoms with Crippen LogP contribution in [0.5, 0.6) is 0 Å². The average Bonchev–Trinajstić information content (AvgIpc) is 3.08. The lowest BCUT2D eigenvalue weighted by Gasteiger charge is -2.58.